The van der Waals surface area contributed by atoms with Crippen molar-refractivity contribution in [1.82, 2.24) is 10.2 Å². The molecule has 33 heavy (non-hydrogen) atoms. The van der Waals surface area contributed by atoms with Crippen LogP contribution in [0.15, 0.2) is 78.9 Å². The van der Waals surface area contributed by atoms with Gasteiger partial charge < -0.3 is 15.0 Å². The third-order valence-corrected chi connectivity index (χ3v) is 5.65. The minimum absolute atomic E-state index is 0.139. The van der Waals surface area contributed by atoms with Crippen molar-refractivity contribution in [3.8, 4) is 5.75 Å². The Balaban J connectivity index is 1.85. The first-order valence-corrected chi connectivity index (χ1v) is 11.3. The van der Waals surface area contributed by atoms with Crippen LogP contribution in [0.3, 0.4) is 0 Å². The second kappa shape index (κ2) is 11.9. The summed E-state index contributed by atoms with van der Waals surface area (Å²) in [4.78, 5) is 27.9. The first-order valence-electron chi connectivity index (χ1n) is 11.3. The Morgan fingerprint density at radius 3 is 2.24 bits per heavy atom. The second-order valence-electron chi connectivity index (χ2n) is 8.12. The Morgan fingerprint density at radius 1 is 0.909 bits per heavy atom. The van der Waals surface area contributed by atoms with Gasteiger partial charge in [0.1, 0.15) is 11.8 Å². The van der Waals surface area contributed by atoms with E-state index in [1.54, 1.807) is 11.9 Å². The number of amides is 2. The monoisotopic (exact) mass is 444 g/mol. The molecule has 0 bridgehead atoms. The first-order chi connectivity index (χ1) is 16.0. The van der Waals surface area contributed by atoms with Crippen molar-refractivity contribution in [2.75, 3.05) is 13.7 Å². The highest BCUT2D eigenvalue weighted by molar-refractivity contribution is 5.88. The smallest absolute Gasteiger partial charge is 0.261 e. The largest absolute Gasteiger partial charge is 0.484 e. The maximum atomic E-state index is 13.4. The molecule has 3 rings (SSSR count). The van der Waals surface area contributed by atoms with E-state index in [9.17, 15) is 9.59 Å². The zero-order valence-corrected chi connectivity index (χ0v) is 19.6. The molecule has 0 aliphatic rings. The number of benzene rings is 3. The van der Waals surface area contributed by atoms with Crippen LogP contribution in [0.25, 0.3) is 0 Å². The number of nitrogens with one attached hydrogen (secondary N) is 1. The van der Waals surface area contributed by atoms with E-state index in [0.29, 0.717) is 18.7 Å². The predicted octanol–water partition coefficient (Wildman–Crippen LogP) is 4.32. The summed E-state index contributed by atoms with van der Waals surface area (Å²) < 4.78 is 5.80. The van der Waals surface area contributed by atoms with Crippen molar-refractivity contribution >= 4 is 11.8 Å². The lowest BCUT2D eigenvalue weighted by Crippen LogP contribution is -2.51. The summed E-state index contributed by atoms with van der Waals surface area (Å²) >= 11 is 0. The fourth-order valence-electron chi connectivity index (χ4n) is 3.78. The number of nitrogens with zero attached hydrogens (tertiary/aromatic N) is 1. The first kappa shape index (κ1) is 24.1. The maximum Gasteiger partial charge on any atom is 0.261 e. The highest BCUT2D eigenvalue weighted by Crippen LogP contribution is 2.17. The number of hydrogen-bond donors (Lipinski definition) is 1. The average Bonchev–Trinajstić information content (AvgIpc) is 2.85. The highest BCUT2D eigenvalue weighted by atomic mass is 16.5. The van der Waals surface area contributed by atoms with Gasteiger partial charge in [-0.3, -0.25) is 9.59 Å². The minimum Gasteiger partial charge on any atom is -0.484 e. The van der Waals surface area contributed by atoms with E-state index in [0.717, 1.165) is 23.1 Å². The fraction of sp³-hybridized carbons (Fsp3) is 0.286. The molecule has 0 aliphatic heterocycles. The van der Waals surface area contributed by atoms with Crippen LogP contribution < -0.4 is 10.1 Å². The van der Waals surface area contributed by atoms with Crippen LogP contribution in [0.5, 0.6) is 5.75 Å². The Morgan fingerprint density at radius 2 is 1.61 bits per heavy atom. The van der Waals surface area contributed by atoms with Crippen LogP contribution in [0, 0.1) is 6.92 Å². The Bertz CT molecular complexity index is 1050. The van der Waals surface area contributed by atoms with Crippen molar-refractivity contribution in [3.05, 3.63) is 101 Å². The molecule has 5 heteroatoms. The van der Waals surface area contributed by atoms with E-state index < -0.39 is 6.04 Å². The van der Waals surface area contributed by atoms with Crippen LogP contribution in [-0.2, 0) is 29.0 Å². The third kappa shape index (κ3) is 6.94. The summed E-state index contributed by atoms with van der Waals surface area (Å²) in [6, 6.07) is 24.8. The molecule has 0 radical (unpaired) electrons. The number of ether oxygens (including phenoxy) is 1. The van der Waals surface area contributed by atoms with Gasteiger partial charge in [-0.1, -0.05) is 79.2 Å². The molecule has 1 N–H and O–H groups in total. The van der Waals surface area contributed by atoms with Gasteiger partial charge in [0.25, 0.3) is 5.91 Å². The summed E-state index contributed by atoms with van der Waals surface area (Å²) in [6.07, 6.45) is 1.36. The molecule has 3 aromatic rings. The van der Waals surface area contributed by atoms with E-state index in [1.807, 2.05) is 85.8 Å². The number of carbonyl (C=O) groups excluding carboxylic acids is 2. The van der Waals surface area contributed by atoms with E-state index >= 15 is 0 Å². The maximum absolute atomic E-state index is 13.4. The molecule has 0 saturated heterocycles. The van der Waals surface area contributed by atoms with Crippen molar-refractivity contribution < 1.29 is 14.3 Å². The standard InChI is InChI=1S/C28H32N2O3/c1-4-22-13-15-25(16-14-22)33-20-27(31)30(19-24-12-8-9-21(2)17-24)26(28(32)29-3)18-23-10-6-5-7-11-23/h5-17,26H,4,18-20H2,1-3H3,(H,29,32)/t26-/m0/s1. The van der Waals surface area contributed by atoms with E-state index in [-0.39, 0.29) is 18.4 Å². The predicted molar refractivity (Wildman–Crippen MR) is 131 cm³/mol. The quantitative estimate of drug-likeness (QED) is 0.507. The average molecular weight is 445 g/mol. The molecule has 0 saturated carbocycles. The molecule has 5 nitrogen and oxygen atoms in total. The van der Waals surface area contributed by atoms with Crippen molar-refractivity contribution in [2.45, 2.75) is 39.3 Å². The van der Waals surface area contributed by atoms with Crippen LogP contribution in [0.2, 0.25) is 0 Å². The van der Waals surface area contributed by atoms with E-state index in [2.05, 4.69) is 12.2 Å². The van der Waals surface area contributed by atoms with Crippen LogP contribution in [0.1, 0.15) is 29.2 Å². The molecular weight excluding hydrogens is 412 g/mol. The van der Waals surface area contributed by atoms with Gasteiger partial charge in [-0.25, -0.2) is 0 Å². The molecule has 0 fully saturated rings. The summed E-state index contributed by atoms with van der Waals surface area (Å²) in [5.41, 5.74) is 4.27. The topological polar surface area (TPSA) is 58.6 Å². The highest BCUT2D eigenvalue weighted by Gasteiger charge is 2.30. The molecule has 0 spiro atoms. The van der Waals surface area contributed by atoms with Gasteiger partial charge in [0.05, 0.1) is 0 Å². The molecule has 0 unspecified atom stereocenters. The zero-order chi connectivity index (χ0) is 23.6. The van der Waals surface area contributed by atoms with Gasteiger partial charge in [-0.05, 0) is 42.2 Å². The van der Waals surface area contributed by atoms with Gasteiger partial charge in [0.15, 0.2) is 6.61 Å². The summed E-state index contributed by atoms with van der Waals surface area (Å²) in [5, 5.41) is 2.73. The SMILES string of the molecule is CCc1ccc(OCC(=O)N(Cc2cccc(C)c2)[C@@H](Cc2ccccc2)C(=O)NC)cc1. The van der Waals surface area contributed by atoms with Gasteiger partial charge in [0, 0.05) is 20.0 Å². The molecule has 2 amide bonds. The minimum atomic E-state index is -0.656. The Labute approximate surface area is 196 Å². The third-order valence-electron chi connectivity index (χ3n) is 5.65. The number of carbonyl (C=O) groups is 2. The van der Waals surface area contributed by atoms with Crippen LogP contribution in [0.4, 0.5) is 0 Å². The van der Waals surface area contributed by atoms with Gasteiger partial charge in [-0.15, -0.1) is 0 Å². The Hall–Kier alpha value is -3.60. The van der Waals surface area contributed by atoms with Gasteiger partial charge in [-0.2, -0.15) is 0 Å². The summed E-state index contributed by atoms with van der Waals surface area (Å²) in [5.74, 6) is 0.198. The lowest BCUT2D eigenvalue weighted by atomic mass is 10.0. The number of likely N-dealkylation sites (N-methyl/N-ethyl adjacent to an activating group) is 1. The summed E-state index contributed by atoms with van der Waals surface area (Å²) in [6.45, 7) is 4.29. The normalized spacial score (nSPS) is 11.5. The van der Waals surface area contributed by atoms with Gasteiger partial charge >= 0.3 is 0 Å². The lowest BCUT2D eigenvalue weighted by Gasteiger charge is -2.31. The number of hydrogen-bond acceptors (Lipinski definition) is 3. The van der Waals surface area contributed by atoms with Crippen molar-refractivity contribution in [1.29, 1.82) is 0 Å². The van der Waals surface area contributed by atoms with Crippen molar-refractivity contribution in [2.24, 2.45) is 0 Å². The molecule has 3 aromatic carbocycles. The fourth-order valence-corrected chi connectivity index (χ4v) is 3.78. The van der Waals surface area contributed by atoms with E-state index in [4.69, 9.17) is 4.74 Å². The van der Waals surface area contributed by atoms with Gasteiger partial charge in [0.2, 0.25) is 5.91 Å². The number of aryl methyl sites for hydroxylation is 2. The molecule has 0 aromatic heterocycles. The molecule has 0 aliphatic carbocycles. The van der Waals surface area contributed by atoms with Crippen LogP contribution >= 0.6 is 0 Å². The second-order valence-corrected chi connectivity index (χ2v) is 8.12. The van der Waals surface area contributed by atoms with Crippen molar-refractivity contribution in [3.63, 3.8) is 0 Å². The molecule has 172 valence electrons. The van der Waals surface area contributed by atoms with E-state index in [1.165, 1.54) is 5.56 Å². The van der Waals surface area contributed by atoms with Crippen LogP contribution in [-0.4, -0.2) is 36.4 Å². The lowest BCUT2D eigenvalue weighted by molar-refractivity contribution is -0.142. The molecule has 1 atom stereocenters. The molecular formula is C28H32N2O3. The zero-order valence-electron chi connectivity index (χ0n) is 19.6. The number of rotatable bonds is 10. The summed E-state index contributed by atoms with van der Waals surface area (Å²) in [7, 11) is 1.60. The Kier molecular flexibility index (Phi) is 8.64. The molecule has 0 heterocycles.